The topological polar surface area (TPSA) is 105 Å². The summed E-state index contributed by atoms with van der Waals surface area (Å²) in [5.41, 5.74) is 4.68. The van der Waals surface area contributed by atoms with Crippen molar-refractivity contribution in [2.75, 3.05) is 5.32 Å². The van der Waals surface area contributed by atoms with E-state index < -0.39 is 5.97 Å². The van der Waals surface area contributed by atoms with Crippen LogP contribution in [0, 0.1) is 25.2 Å². The van der Waals surface area contributed by atoms with Crippen LogP contribution in [-0.2, 0) is 9.59 Å². The number of carboxylic acid groups (broad SMARTS) is 1. The van der Waals surface area contributed by atoms with Gasteiger partial charge in [-0.15, -0.1) is 0 Å². The lowest BCUT2D eigenvalue weighted by molar-refractivity contribution is -0.137. The standard InChI is InChI=1S/C29H41N3O4/c1-6-29(4,5)16-19-13-22(14-19)28-26(20-8-9-20)27(32-36-28)21(10-12-25(34)35)15-24(33)31-23-11-7-17(2)30-18(23)3/h7,11,19-22H,6,8-10,12-16H2,1-5H3,(H,31,33)(H,34,35). The smallest absolute Gasteiger partial charge is 0.303 e. The summed E-state index contributed by atoms with van der Waals surface area (Å²) in [4.78, 5) is 28.9. The number of pyridine rings is 1. The van der Waals surface area contributed by atoms with Crippen molar-refractivity contribution < 1.29 is 19.2 Å². The molecule has 2 saturated carbocycles. The van der Waals surface area contributed by atoms with Crippen LogP contribution in [0.5, 0.6) is 0 Å². The first kappa shape index (κ1) is 26.4. The molecular formula is C29H41N3O4. The fraction of sp³-hybridized carbons (Fsp3) is 0.655. The summed E-state index contributed by atoms with van der Waals surface area (Å²) in [7, 11) is 0. The Morgan fingerprint density at radius 2 is 1.92 bits per heavy atom. The highest BCUT2D eigenvalue weighted by Crippen LogP contribution is 2.53. The van der Waals surface area contributed by atoms with Crippen LogP contribution in [-0.4, -0.2) is 27.1 Å². The van der Waals surface area contributed by atoms with Crippen LogP contribution >= 0.6 is 0 Å². The highest BCUT2D eigenvalue weighted by molar-refractivity contribution is 5.91. The zero-order chi connectivity index (χ0) is 26.0. The number of aromatic nitrogens is 2. The van der Waals surface area contributed by atoms with Crippen molar-refractivity contribution in [3.05, 3.63) is 40.5 Å². The molecular weight excluding hydrogens is 454 g/mol. The minimum absolute atomic E-state index is 0.00698. The van der Waals surface area contributed by atoms with Crippen LogP contribution in [0.15, 0.2) is 16.7 Å². The number of nitrogens with one attached hydrogen (secondary N) is 1. The first-order chi connectivity index (χ1) is 17.1. The molecule has 0 aromatic carbocycles. The van der Waals surface area contributed by atoms with Crippen molar-refractivity contribution >= 4 is 17.6 Å². The molecule has 0 aliphatic heterocycles. The molecule has 1 atom stereocenters. The van der Waals surface area contributed by atoms with E-state index in [1.54, 1.807) is 0 Å². The van der Waals surface area contributed by atoms with E-state index in [0.29, 0.717) is 35.3 Å². The Bertz CT molecular complexity index is 1100. The van der Waals surface area contributed by atoms with Gasteiger partial charge in [-0.3, -0.25) is 14.6 Å². The number of rotatable bonds is 12. The molecule has 0 radical (unpaired) electrons. The third-order valence-corrected chi connectivity index (χ3v) is 8.20. The van der Waals surface area contributed by atoms with E-state index in [4.69, 9.17) is 4.52 Å². The minimum Gasteiger partial charge on any atom is -0.481 e. The summed E-state index contributed by atoms with van der Waals surface area (Å²) >= 11 is 0. The van der Waals surface area contributed by atoms with E-state index in [0.717, 1.165) is 48.5 Å². The van der Waals surface area contributed by atoms with E-state index >= 15 is 0 Å². The van der Waals surface area contributed by atoms with E-state index in [2.05, 4.69) is 36.2 Å². The zero-order valence-electron chi connectivity index (χ0n) is 22.4. The van der Waals surface area contributed by atoms with Gasteiger partial charge in [-0.05, 0) is 81.8 Å². The fourth-order valence-corrected chi connectivity index (χ4v) is 5.61. The van der Waals surface area contributed by atoms with E-state index in [9.17, 15) is 14.7 Å². The Balaban J connectivity index is 1.50. The summed E-state index contributed by atoms with van der Waals surface area (Å²) in [6.45, 7) is 10.7. The molecule has 2 aliphatic carbocycles. The van der Waals surface area contributed by atoms with Crippen molar-refractivity contribution in [3.63, 3.8) is 0 Å². The van der Waals surface area contributed by atoms with Crippen molar-refractivity contribution in [2.24, 2.45) is 11.3 Å². The summed E-state index contributed by atoms with van der Waals surface area (Å²) in [6, 6.07) is 3.73. The first-order valence-corrected chi connectivity index (χ1v) is 13.5. The van der Waals surface area contributed by atoms with Gasteiger partial charge in [0, 0.05) is 35.9 Å². The summed E-state index contributed by atoms with van der Waals surface area (Å²) in [5.74, 6) is 1.21. The highest BCUT2D eigenvalue weighted by Gasteiger charge is 2.42. The molecule has 36 heavy (non-hydrogen) atoms. The van der Waals surface area contributed by atoms with Crippen LogP contribution in [0.25, 0.3) is 0 Å². The number of hydrogen-bond acceptors (Lipinski definition) is 5. The Labute approximate surface area is 214 Å². The van der Waals surface area contributed by atoms with Crippen LogP contribution in [0.3, 0.4) is 0 Å². The predicted molar refractivity (Wildman–Crippen MR) is 139 cm³/mol. The first-order valence-electron chi connectivity index (χ1n) is 13.5. The van der Waals surface area contributed by atoms with E-state index in [1.165, 1.54) is 18.4 Å². The Kier molecular flexibility index (Phi) is 7.86. The Hall–Kier alpha value is -2.70. The average molecular weight is 496 g/mol. The lowest BCUT2D eigenvalue weighted by Gasteiger charge is -2.39. The molecule has 2 heterocycles. The molecule has 2 aliphatic rings. The molecule has 0 bridgehead atoms. The highest BCUT2D eigenvalue weighted by atomic mass is 16.5. The molecule has 1 unspecified atom stereocenters. The van der Waals surface area contributed by atoms with E-state index in [1.807, 2.05) is 26.0 Å². The zero-order valence-corrected chi connectivity index (χ0v) is 22.4. The normalized spacial score (nSPS) is 20.6. The minimum atomic E-state index is -0.865. The molecule has 7 nitrogen and oxygen atoms in total. The Morgan fingerprint density at radius 1 is 1.19 bits per heavy atom. The number of carbonyl (C=O) groups is 2. The second-order valence-corrected chi connectivity index (χ2v) is 11.8. The quantitative estimate of drug-likeness (QED) is 0.333. The number of nitrogens with zero attached hydrogens (tertiary/aromatic N) is 2. The number of carbonyl (C=O) groups excluding carboxylic acids is 1. The molecule has 2 fully saturated rings. The number of anilines is 1. The van der Waals surface area contributed by atoms with Gasteiger partial charge in [0.2, 0.25) is 5.91 Å². The van der Waals surface area contributed by atoms with Gasteiger partial charge in [-0.2, -0.15) is 0 Å². The van der Waals surface area contributed by atoms with Gasteiger partial charge in [0.25, 0.3) is 0 Å². The van der Waals surface area contributed by atoms with Crippen molar-refractivity contribution in [1.82, 2.24) is 10.1 Å². The molecule has 0 spiro atoms. The van der Waals surface area contributed by atoms with Gasteiger partial charge in [-0.25, -0.2) is 0 Å². The van der Waals surface area contributed by atoms with Crippen LogP contribution < -0.4 is 5.32 Å². The van der Waals surface area contributed by atoms with Gasteiger partial charge in [-0.1, -0.05) is 32.3 Å². The lowest BCUT2D eigenvalue weighted by atomic mass is 9.66. The molecule has 2 aromatic heterocycles. The summed E-state index contributed by atoms with van der Waals surface area (Å²) in [6.07, 6.45) is 7.39. The van der Waals surface area contributed by atoms with E-state index in [-0.39, 0.29) is 24.7 Å². The van der Waals surface area contributed by atoms with Gasteiger partial charge in [0.05, 0.1) is 17.1 Å². The third-order valence-electron chi connectivity index (χ3n) is 8.20. The number of aryl methyl sites for hydroxylation is 2. The maximum Gasteiger partial charge on any atom is 0.303 e. The number of amides is 1. The molecule has 2 N–H and O–H groups in total. The molecule has 1 amide bonds. The molecule has 196 valence electrons. The SMILES string of the molecule is CCC(C)(C)CC1CC(c2onc(C(CCC(=O)O)CC(=O)Nc3ccc(C)nc3C)c2C2CC2)C1. The van der Waals surface area contributed by atoms with Crippen LogP contribution in [0.1, 0.15) is 125 Å². The van der Waals surface area contributed by atoms with Gasteiger partial charge in [0.1, 0.15) is 5.76 Å². The summed E-state index contributed by atoms with van der Waals surface area (Å²) < 4.78 is 5.99. The largest absolute Gasteiger partial charge is 0.481 e. The van der Waals surface area contributed by atoms with Gasteiger partial charge in [0.15, 0.2) is 0 Å². The Morgan fingerprint density at radius 3 is 2.53 bits per heavy atom. The maximum atomic E-state index is 13.0. The number of hydrogen-bond donors (Lipinski definition) is 2. The molecule has 4 rings (SSSR count). The molecule has 7 heteroatoms. The maximum absolute atomic E-state index is 13.0. The fourth-order valence-electron chi connectivity index (χ4n) is 5.61. The second-order valence-electron chi connectivity index (χ2n) is 11.8. The van der Waals surface area contributed by atoms with Crippen LogP contribution in [0.4, 0.5) is 5.69 Å². The lowest BCUT2D eigenvalue weighted by Crippen LogP contribution is -2.27. The monoisotopic (exact) mass is 495 g/mol. The number of carboxylic acids is 1. The second kappa shape index (κ2) is 10.7. The van der Waals surface area contributed by atoms with Crippen molar-refractivity contribution in [1.29, 1.82) is 0 Å². The number of aliphatic carboxylic acids is 1. The van der Waals surface area contributed by atoms with Gasteiger partial charge < -0.3 is 14.9 Å². The summed E-state index contributed by atoms with van der Waals surface area (Å²) in [5, 5.41) is 16.8. The van der Waals surface area contributed by atoms with Crippen molar-refractivity contribution in [2.45, 2.75) is 110 Å². The predicted octanol–water partition coefficient (Wildman–Crippen LogP) is 6.86. The average Bonchev–Trinajstić information content (AvgIpc) is 3.54. The third kappa shape index (κ3) is 6.34. The van der Waals surface area contributed by atoms with Gasteiger partial charge >= 0.3 is 5.97 Å². The van der Waals surface area contributed by atoms with Crippen molar-refractivity contribution in [3.8, 4) is 0 Å². The van der Waals surface area contributed by atoms with Crippen LogP contribution in [0.2, 0.25) is 0 Å². The molecule has 0 saturated heterocycles. The molecule has 2 aromatic rings.